The highest BCUT2D eigenvalue weighted by Gasteiger charge is 2.20. The number of anilines is 1. The highest BCUT2D eigenvalue weighted by molar-refractivity contribution is 7.18. The van der Waals surface area contributed by atoms with E-state index in [1.807, 2.05) is 0 Å². The summed E-state index contributed by atoms with van der Waals surface area (Å²) in [6.07, 6.45) is 1.68. The minimum absolute atomic E-state index is 0.710. The van der Waals surface area contributed by atoms with Gasteiger partial charge in [0.2, 0.25) is 0 Å². The van der Waals surface area contributed by atoms with Gasteiger partial charge in [-0.3, -0.25) is 4.90 Å². The third-order valence-electron chi connectivity index (χ3n) is 3.50. The van der Waals surface area contributed by atoms with Crippen molar-refractivity contribution in [2.75, 3.05) is 43.5 Å². The molecule has 1 saturated heterocycles. The summed E-state index contributed by atoms with van der Waals surface area (Å²) in [6.45, 7) is 7.24. The van der Waals surface area contributed by atoms with Gasteiger partial charge in [-0.05, 0) is 13.0 Å². The average Bonchev–Trinajstić information content (AvgIpc) is 2.80. The molecule has 1 aliphatic heterocycles. The van der Waals surface area contributed by atoms with Gasteiger partial charge in [0.05, 0.1) is 5.39 Å². The monoisotopic (exact) mass is 296 g/mol. The Morgan fingerprint density at radius 3 is 2.79 bits per heavy atom. The number of halogens is 1. The zero-order chi connectivity index (χ0) is 13.2. The van der Waals surface area contributed by atoms with Crippen LogP contribution in [0.1, 0.15) is 4.88 Å². The van der Waals surface area contributed by atoms with Crippen LogP contribution in [-0.4, -0.2) is 53.5 Å². The lowest BCUT2D eigenvalue weighted by atomic mass is 10.2. The molecule has 2 aromatic rings. The molecule has 0 aromatic carbocycles. The summed E-state index contributed by atoms with van der Waals surface area (Å²) in [5.41, 5.74) is 0. The van der Waals surface area contributed by atoms with E-state index < -0.39 is 0 Å². The van der Waals surface area contributed by atoms with Crippen molar-refractivity contribution in [3.05, 3.63) is 17.3 Å². The fourth-order valence-corrected chi connectivity index (χ4v) is 3.60. The molecule has 2 aromatic heterocycles. The quantitative estimate of drug-likeness (QED) is 0.814. The fraction of sp³-hybridized carbons (Fsp3) is 0.538. The first-order valence-electron chi connectivity index (χ1n) is 6.52. The van der Waals surface area contributed by atoms with Crippen LogP contribution in [0.3, 0.4) is 0 Å². The summed E-state index contributed by atoms with van der Waals surface area (Å²) in [5.74, 6) is 1.79. The smallest absolute Gasteiger partial charge is 0.140 e. The van der Waals surface area contributed by atoms with E-state index in [1.165, 1.54) is 10.3 Å². The van der Waals surface area contributed by atoms with E-state index in [-0.39, 0.29) is 0 Å². The van der Waals surface area contributed by atoms with Crippen LogP contribution in [0.5, 0.6) is 0 Å². The van der Waals surface area contributed by atoms with E-state index in [9.17, 15) is 0 Å². The number of nitrogens with zero attached hydrogens (tertiary/aromatic N) is 4. The molecule has 1 fully saturated rings. The minimum atomic E-state index is 0.710. The van der Waals surface area contributed by atoms with Crippen LogP contribution in [0.25, 0.3) is 10.2 Å². The molecule has 0 N–H and O–H groups in total. The van der Waals surface area contributed by atoms with E-state index in [4.69, 9.17) is 11.6 Å². The van der Waals surface area contributed by atoms with Crippen molar-refractivity contribution in [1.82, 2.24) is 14.9 Å². The highest BCUT2D eigenvalue weighted by Crippen LogP contribution is 2.30. The normalized spacial score (nSPS) is 17.3. The second-order valence-corrected chi connectivity index (χ2v) is 6.40. The number of piperazine rings is 1. The molecule has 3 heterocycles. The van der Waals surface area contributed by atoms with Gasteiger partial charge in [-0.15, -0.1) is 22.9 Å². The molecule has 0 atom stereocenters. The number of hydrogen-bond acceptors (Lipinski definition) is 5. The maximum atomic E-state index is 5.79. The lowest BCUT2D eigenvalue weighted by molar-refractivity contribution is 0.272. The van der Waals surface area contributed by atoms with Crippen molar-refractivity contribution in [2.45, 2.75) is 6.92 Å². The molecule has 0 unspecified atom stereocenters. The molecule has 6 heteroatoms. The molecule has 0 saturated carbocycles. The van der Waals surface area contributed by atoms with Crippen molar-refractivity contribution < 1.29 is 0 Å². The molecule has 0 radical (unpaired) electrons. The van der Waals surface area contributed by atoms with Crippen molar-refractivity contribution in [3.63, 3.8) is 0 Å². The van der Waals surface area contributed by atoms with Crippen LogP contribution in [0.4, 0.5) is 5.82 Å². The highest BCUT2D eigenvalue weighted by atomic mass is 35.5. The summed E-state index contributed by atoms with van der Waals surface area (Å²) >= 11 is 7.53. The SMILES string of the molecule is Cc1cc2c(N3CCN(CCCl)CC3)ncnc2s1. The Morgan fingerprint density at radius 2 is 2.05 bits per heavy atom. The third kappa shape index (κ3) is 2.68. The summed E-state index contributed by atoms with van der Waals surface area (Å²) < 4.78 is 0. The summed E-state index contributed by atoms with van der Waals surface area (Å²) in [4.78, 5) is 16.0. The number of aryl methyl sites for hydroxylation is 1. The Morgan fingerprint density at radius 1 is 1.26 bits per heavy atom. The molecule has 0 spiro atoms. The van der Waals surface area contributed by atoms with Gasteiger partial charge in [0.1, 0.15) is 17.0 Å². The molecule has 0 bridgehead atoms. The Kier molecular flexibility index (Phi) is 3.86. The van der Waals surface area contributed by atoms with Crippen molar-refractivity contribution in [2.24, 2.45) is 0 Å². The van der Waals surface area contributed by atoms with Crippen LogP contribution < -0.4 is 4.90 Å². The number of thiophene rings is 1. The second-order valence-electron chi connectivity index (χ2n) is 4.79. The molecule has 19 heavy (non-hydrogen) atoms. The Bertz CT molecular complexity index is 563. The Hall–Kier alpha value is -0.910. The number of aromatic nitrogens is 2. The number of alkyl halides is 1. The number of rotatable bonds is 3. The van der Waals surface area contributed by atoms with Crippen molar-refractivity contribution in [3.8, 4) is 0 Å². The first kappa shape index (κ1) is 13.1. The van der Waals surface area contributed by atoms with E-state index in [2.05, 4.69) is 32.8 Å². The number of fused-ring (bicyclic) bond motifs is 1. The van der Waals surface area contributed by atoms with Crippen LogP contribution in [-0.2, 0) is 0 Å². The van der Waals surface area contributed by atoms with Gasteiger partial charge in [-0.1, -0.05) is 0 Å². The van der Waals surface area contributed by atoms with Gasteiger partial charge in [-0.25, -0.2) is 9.97 Å². The zero-order valence-corrected chi connectivity index (χ0v) is 12.5. The van der Waals surface area contributed by atoms with Gasteiger partial charge in [-0.2, -0.15) is 0 Å². The first-order chi connectivity index (χ1) is 9.28. The van der Waals surface area contributed by atoms with Crippen LogP contribution in [0.2, 0.25) is 0 Å². The maximum Gasteiger partial charge on any atom is 0.140 e. The standard InChI is InChI=1S/C13H17ClN4S/c1-10-8-11-12(15-9-16-13(11)19-10)18-6-4-17(3-2-14)5-7-18/h8-9H,2-7H2,1H3. The Labute approximate surface area is 122 Å². The van der Waals surface area contributed by atoms with E-state index in [0.717, 1.165) is 43.4 Å². The zero-order valence-electron chi connectivity index (χ0n) is 11.0. The molecule has 3 rings (SSSR count). The van der Waals surface area contributed by atoms with E-state index >= 15 is 0 Å². The molecule has 0 amide bonds. The van der Waals surface area contributed by atoms with Gasteiger partial charge >= 0.3 is 0 Å². The van der Waals surface area contributed by atoms with Crippen molar-refractivity contribution in [1.29, 1.82) is 0 Å². The molecular weight excluding hydrogens is 280 g/mol. The van der Waals surface area contributed by atoms with Gasteiger partial charge in [0.25, 0.3) is 0 Å². The van der Waals surface area contributed by atoms with Crippen LogP contribution >= 0.6 is 22.9 Å². The largest absolute Gasteiger partial charge is 0.353 e. The van der Waals surface area contributed by atoms with Gasteiger partial charge in [0.15, 0.2) is 0 Å². The van der Waals surface area contributed by atoms with Gasteiger partial charge in [0, 0.05) is 43.5 Å². The lowest BCUT2D eigenvalue weighted by Crippen LogP contribution is -2.47. The third-order valence-corrected chi connectivity index (χ3v) is 4.63. The fourth-order valence-electron chi connectivity index (χ4n) is 2.52. The number of hydrogen-bond donors (Lipinski definition) is 0. The molecule has 102 valence electrons. The summed E-state index contributed by atoms with van der Waals surface area (Å²) in [7, 11) is 0. The molecule has 4 nitrogen and oxygen atoms in total. The topological polar surface area (TPSA) is 32.3 Å². The second kappa shape index (κ2) is 5.61. The predicted octanol–water partition coefficient (Wildman–Crippen LogP) is 2.36. The van der Waals surface area contributed by atoms with Crippen LogP contribution in [0, 0.1) is 6.92 Å². The predicted molar refractivity (Wildman–Crippen MR) is 81.5 cm³/mol. The van der Waals surface area contributed by atoms with Gasteiger partial charge < -0.3 is 4.90 Å². The first-order valence-corrected chi connectivity index (χ1v) is 7.87. The summed E-state index contributed by atoms with van der Waals surface area (Å²) in [6, 6.07) is 2.19. The van der Waals surface area contributed by atoms with Crippen molar-refractivity contribution >= 4 is 39.0 Å². The lowest BCUT2D eigenvalue weighted by Gasteiger charge is -2.35. The maximum absolute atomic E-state index is 5.79. The van der Waals surface area contributed by atoms with E-state index in [1.54, 1.807) is 17.7 Å². The molecule has 1 aliphatic rings. The molecular formula is C13H17ClN4S. The average molecular weight is 297 g/mol. The van der Waals surface area contributed by atoms with Crippen LogP contribution in [0.15, 0.2) is 12.4 Å². The Balaban J connectivity index is 1.81. The minimum Gasteiger partial charge on any atom is -0.353 e. The van der Waals surface area contributed by atoms with E-state index in [0.29, 0.717) is 5.88 Å². The molecule has 0 aliphatic carbocycles. The summed E-state index contributed by atoms with van der Waals surface area (Å²) in [5, 5.41) is 1.19.